The molecule has 0 unspecified atom stereocenters. The van der Waals surface area contributed by atoms with E-state index in [0.29, 0.717) is 0 Å². The molecular formula is C29H21NO. The Balaban J connectivity index is 1.65. The average Bonchev–Trinajstić information content (AvgIpc) is 3.17. The van der Waals surface area contributed by atoms with Gasteiger partial charge in [-0.3, -0.25) is 0 Å². The molecule has 0 amide bonds. The SMILES string of the molecule is COc1ccc2c3ccc(-c4ccc5ccccc5c4)cc3n(-c3ccccc3)c2c1. The summed E-state index contributed by atoms with van der Waals surface area (Å²) in [4.78, 5) is 0. The lowest BCUT2D eigenvalue weighted by molar-refractivity contribution is 0.415. The first kappa shape index (κ1) is 17.8. The van der Waals surface area contributed by atoms with Crippen LogP contribution in [-0.2, 0) is 0 Å². The molecule has 2 nitrogen and oxygen atoms in total. The molecule has 5 aromatic carbocycles. The zero-order valence-corrected chi connectivity index (χ0v) is 17.2. The van der Waals surface area contributed by atoms with E-state index >= 15 is 0 Å². The minimum Gasteiger partial charge on any atom is -0.497 e. The Morgan fingerprint density at radius 1 is 0.548 bits per heavy atom. The van der Waals surface area contributed by atoms with Crippen LogP contribution in [0.4, 0.5) is 0 Å². The van der Waals surface area contributed by atoms with Gasteiger partial charge in [-0.15, -0.1) is 0 Å². The third-order valence-corrected chi connectivity index (χ3v) is 6.07. The van der Waals surface area contributed by atoms with Gasteiger partial charge in [-0.25, -0.2) is 0 Å². The molecule has 2 heteroatoms. The summed E-state index contributed by atoms with van der Waals surface area (Å²) in [5, 5.41) is 4.99. The molecule has 0 N–H and O–H groups in total. The molecule has 1 heterocycles. The second-order valence-electron chi connectivity index (χ2n) is 7.85. The number of rotatable bonds is 3. The molecule has 0 bridgehead atoms. The van der Waals surface area contributed by atoms with Gasteiger partial charge in [-0.1, -0.05) is 66.7 Å². The minimum absolute atomic E-state index is 0.863. The third-order valence-electron chi connectivity index (χ3n) is 6.07. The summed E-state index contributed by atoms with van der Waals surface area (Å²) in [6.45, 7) is 0. The number of methoxy groups -OCH3 is 1. The lowest BCUT2D eigenvalue weighted by Gasteiger charge is -2.10. The van der Waals surface area contributed by atoms with Gasteiger partial charge < -0.3 is 9.30 Å². The third kappa shape index (κ3) is 2.88. The average molecular weight is 399 g/mol. The van der Waals surface area contributed by atoms with Crippen molar-refractivity contribution in [1.29, 1.82) is 0 Å². The van der Waals surface area contributed by atoms with Gasteiger partial charge in [0.25, 0.3) is 0 Å². The molecule has 6 rings (SSSR count). The Morgan fingerprint density at radius 2 is 1.19 bits per heavy atom. The Bertz CT molecular complexity index is 1560. The van der Waals surface area contributed by atoms with Crippen molar-refractivity contribution in [1.82, 2.24) is 4.57 Å². The molecular weight excluding hydrogens is 378 g/mol. The number of nitrogens with zero attached hydrogens (tertiary/aromatic N) is 1. The molecule has 0 aliphatic rings. The molecule has 1 aromatic heterocycles. The molecule has 0 aliphatic heterocycles. The van der Waals surface area contributed by atoms with Crippen molar-refractivity contribution in [2.24, 2.45) is 0 Å². The number of hydrogen-bond acceptors (Lipinski definition) is 1. The van der Waals surface area contributed by atoms with E-state index in [4.69, 9.17) is 4.74 Å². The molecule has 6 aromatic rings. The van der Waals surface area contributed by atoms with Crippen molar-refractivity contribution in [3.63, 3.8) is 0 Å². The van der Waals surface area contributed by atoms with Gasteiger partial charge in [0, 0.05) is 22.5 Å². The lowest BCUT2D eigenvalue weighted by Crippen LogP contribution is -1.94. The summed E-state index contributed by atoms with van der Waals surface area (Å²) < 4.78 is 7.86. The van der Waals surface area contributed by atoms with Crippen LogP contribution in [0, 0.1) is 0 Å². The fourth-order valence-electron chi connectivity index (χ4n) is 4.53. The van der Waals surface area contributed by atoms with Crippen LogP contribution in [0.15, 0.2) is 109 Å². The number of benzene rings is 5. The van der Waals surface area contributed by atoms with E-state index in [9.17, 15) is 0 Å². The van der Waals surface area contributed by atoms with E-state index in [1.54, 1.807) is 7.11 Å². The molecule has 31 heavy (non-hydrogen) atoms. The van der Waals surface area contributed by atoms with Gasteiger partial charge in [-0.05, 0) is 58.3 Å². The Hall–Kier alpha value is -4.04. The molecule has 0 spiro atoms. The van der Waals surface area contributed by atoms with E-state index in [2.05, 4.69) is 108 Å². The largest absolute Gasteiger partial charge is 0.497 e. The van der Waals surface area contributed by atoms with Crippen molar-refractivity contribution in [2.75, 3.05) is 7.11 Å². The highest BCUT2D eigenvalue weighted by Gasteiger charge is 2.14. The lowest BCUT2D eigenvalue weighted by atomic mass is 10.00. The van der Waals surface area contributed by atoms with Gasteiger partial charge in [0.1, 0.15) is 5.75 Å². The van der Waals surface area contributed by atoms with Crippen LogP contribution in [0.2, 0.25) is 0 Å². The second-order valence-corrected chi connectivity index (χ2v) is 7.85. The number of fused-ring (bicyclic) bond motifs is 4. The predicted octanol–water partition coefficient (Wildman–Crippen LogP) is 7.61. The monoisotopic (exact) mass is 399 g/mol. The van der Waals surface area contributed by atoms with Gasteiger partial charge in [0.05, 0.1) is 18.1 Å². The maximum Gasteiger partial charge on any atom is 0.120 e. The predicted molar refractivity (Wildman–Crippen MR) is 130 cm³/mol. The fraction of sp³-hybridized carbons (Fsp3) is 0.0345. The van der Waals surface area contributed by atoms with Crippen molar-refractivity contribution in [3.8, 4) is 22.6 Å². The van der Waals surface area contributed by atoms with Gasteiger partial charge in [0.15, 0.2) is 0 Å². The summed E-state index contributed by atoms with van der Waals surface area (Å²) in [6.07, 6.45) is 0. The van der Waals surface area contributed by atoms with Gasteiger partial charge >= 0.3 is 0 Å². The second kappa shape index (κ2) is 7.03. The first-order chi connectivity index (χ1) is 15.3. The summed E-state index contributed by atoms with van der Waals surface area (Å²) in [6, 6.07) is 38.8. The highest BCUT2D eigenvalue weighted by molar-refractivity contribution is 6.10. The van der Waals surface area contributed by atoms with E-state index in [0.717, 1.165) is 17.0 Å². The summed E-state index contributed by atoms with van der Waals surface area (Å²) in [5.74, 6) is 0.863. The first-order valence-electron chi connectivity index (χ1n) is 10.5. The first-order valence-corrected chi connectivity index (χ1v) is 10.5. The number of ether oxygens (including phenoxy) is 1. The number of para-hydroxylation sites is 1. The zero-order chi connectivity index (χ0) is 20.8. The van der Waals surface area contributed by atoms with Crippen LogP contribution in [0.25, 0.3) is 49.4 Å². The Morgan fingerprint density at radius 3 is 2.00 bits per heavy atom. The van der Waals surface area contributed by atoms with Crippen LogP contribution < -0.4 is 4.74 Å². The maximum absolute atomic E-state index is 5.53. The Labute approximate surface area is 180 Å². The molecule has 0 saturated carbocycles. The van der Waals surface area contributed by atoms with Crippen molar-refractivity contribution >= 4 is 32.6 Å². The van der Waals surface area contributed by atoms with E-state index in [1.807, 2.05) is 6.07 Å². The molecule has 0 aliphatic carbocycles. The van der Waals surface area contributed by atoms with Crippen LogP contribution in [0.1, 0.15) is 0 Å². The van der Waals surface area contributed by atoms with Crippen LogP contribution in [-0.4, -0.2) is 11.7 Å². The minimum atomic E-state index is 0.863. The smallest absolute Gasteiger partial charge is 0.120 e. The summed E-state index contributed by atoms with van der Waals surface area (Å²) in [7, 11) is 1.72. The van der Waals surface area contributed by atoms with Crippen molar-refractivity contribution in [2.45, 2.75) is 0 Å². The standard InChI is InChI=1S/C29H21NO/c1-31-25-14-16-27-26-15-13-23(22-12-11-20-7-5-6-8-21(20)17-22)18-28(26)30(29(27)19-25)24-9-3-2-4-10-24/h2-19H,1H3. The van der Waals surface area contributed by atoms with Gasteiger partial charge in [-0.2, -0.15) is 0 Å². The normalized spacial score (nSPS) is 11.4. The van der Waals surface area contributed by atoms with Crippen molar-refractivity contribution < 1.29 is 4.74 Å². The fourth-order valence-corrected chi connectivity index (χ4v) is 4.53. The van der Waals surface area contributed by atoms with E-state index in [1.165, 1.54) is 38.2 Å². The number of aromatic nitrogens is 1. The summed E-state index contributed by atoms with van der Waals surface area (Å²) >= 11 is 0. The van der Waals surface area contributed by atoms with Crippen molar-refractivity contribution in [3.05, 3.63) is 109 Å². The van der Waals surface area contributed by atoms with Crippen LogP contribution in [0.3, 0.4) is 0 Å². The topological polar surface area (TPSA) is 14.2 Å². The summed E-state index contributed by atoms with van der Waals surface area (Å²) in [5.41, 5.74) is 5.93. The molecule has 0 fully saturated rings. The quantitative estimate of drug-likeness (QED) is 0.299. The Kier molecular flexibility index (Phi) is 4.03. The molecule has 0 radical (unpaired) electrons. The zero-order valence-electron chi connectivity index (χ0n) is 17.2. The molecule has 0 saturated heterocycles. The highest BCUT2D eigenvalue weighted by atomic mass is 16.5. The molecule has 0 atom stereocenters. The number of hydrogen-bond donors (Lipinski definition) is 0. The highest BCUT2D eigenvalue weighted by Crippen LogP contribution is 2.36. The molecule has 148 valence electrons. The van der Waals surface area contributed by atoms with E-state index < -0.39 is 0 Å². The van der Waals surface area contributed by atoms with E-state index in [-0.39, 0.29) is 0 Å². The maximum atomic E-state index is 5.53. The van der Waals surface area contributed by atoms with Crippen LogP contribution >= 0.6 is 0 Å². The van der Waals surface area contributed by atoms with Gasteiger partial charge in [0.2, 0.25) is 0 Å². The van der Waals surface area contributed by atoms with Crippen LogP contribution in [0.5, 0.6) is 5.75 Å².